The van der Waals surface area contributed by atoms with Crippen LogP contribution in [0.15, 0.2) is 127 Å². The molecule has 0 fully saturated rings. The number of aryl methyl sites for hydroxylation is 1. The van der Waals surface area contributed by atoms with E-state index in [0.717, 1.165) is 49.6 Å². The monoisotopic (exact) mass is 534 g/mol. The van der Waals surface area contributed by atoms with Gasteiger partial charge < -0.3 is 4.57 Å². The Morgan fingerprint density at radius 2 is 1.24 bits per heavy atom. The minimum Gasteiger partial charge on any atom is -0.309 e. The molecule has 2 nitrogen and oxygen atoms in total. The van der Waals surface area contributed by atoms with Gasteiger partial charge in [-0.2, -0.15) is 0 Å². The molecule has 0 spiro atoms. The van der Waals surface area contributed by atoms with Gasteiger partial charge in [-0.3, -0.25) is 0 Å². The zero-order valence-corrected chi connectivity index (χ0v) is 23.2. The molecule has 196 valence electrons. The predicted molar refractivity (Wildman–Crippen MR) is 179 cm³/mol. The fourth-order valence-electron chi connectivity index (χ4n) is 6.50. The normalized spacial score (nSPS) is 11.8. The molecule has 0 aliphatic carbocycles. The molecule has 0 radical (unpaired) electrons. The Morgan fingerprint density at radius 3 is 1.95 bits per heavy atom. The molecule has 6 aromatic carbocycles. The maximum Gasteiger partial charge on any atom is 0.0794 e. The molecule has 0 N–H and O–H groups in total. The quantitative estimate of drug-likeness (QED) is 0.125. The lowest BCUT2D eigenvalue weighted by Gasteiger charge is -2.16. The lowest BCUT2D eigenvalue weighted by molar-refractivity contribution is 1.18. The third-order valence-electron chi connectivity index (χ3n) is 8.44. The van der Waals surface area contributed by atoms with Crippen LogP contribution in [0.25, 0.3) is 77.3 Å². The van der Waals surface area contributed by atoms with Crippen molar-refractivity contribution < 1.29 is 0 Å². The van der Waals surface area contributed by atoms with Crippen molar-refractivity contribution in [3.63, 3.8) is 0 Å². The maximum atomic E-state index is 5.62. The Kier molecular flexibility index (Phi) is 5.45. The second-order valence-electron chi connectivity index (χ2n) is 10.8. The van der Waals surface area contributed by atoms with Crippen LogP contribution >= 0.6 is 0 Å². The lowest BCUT2D eigenvalue weighted by Crippen LogP contribution is -1.96. The predicted octanol–water partition coefficient (Wildman–Crippen LogP) is 10.3. The van der Waals surface area contributed by atoms with Crippen LogP contribution in [0, 0.1) is 19.3 Å². The van der Waals surface area contributed by atoms with Gasteiger partial charge in [0.25, 0.3) is 0 Å². The van der Waals surface area contributed by atoms with Crippen LogP contribution in [0.5, 0.6) is 0 Å². The average Bonchev–Trinajstić information content (AvgIpc) is 3.38. The fraction of sp³-hybridized carbons (Fsp3) is 0.0250. The highest BCUT2D eigenvalue weighted by molar-refractivity contribution is 6.18. The molecule has 0 amide bonds. The molecule has 0 atom stereocenters. The molecule has 0 unspecified atom stereocenters. The van der Waals surface area contributed by atoms with Crippen LogP contribution < -0.4 is 0 Å². The highest BCUT2D eigenvalue weighted by Gasteiger charge is 2.17. The minimum absolute atomic E-state index is 0.965. The number of rotatable bonds is 3. The van der Waals surface area contributed by atoms with Crippen molar-refractivity contribution in [3.05, 3.63) is 139 Å². The number of allylic oxidation sites excluding steroid dienone is 1. The van der Waals surface area contributed by atoms with Crippen molar-refractivity contribution in [2.75, 3.05) is 0 Å². The minimum atomic E-state index is 0.965. The van der Waals surface area contributed by atoms with E-state index in [2.05, 4.69) is 139 Å². The summed E-state index contributed by atoms with van der Waals surface area (Å²) in [7, 11) is 0. The molecule has 8 rings (SSSR count). The van der Waals surface area contributed by atoms with Crippen molar-refractivity contribution in [1.82, 2.24) is 9.55 Å². The van der Waals surface area contributed by atoms with Crippen LogP contribution in [0.2, 0.25) is 0 Å². The molecule has 42 heavy (non-hydrogen) atoms. The number of pyridine rings is 1. The number of para-hydroxylation sites is 2. The summed E-state index contributed by atoms with van der Waals surface area (Å²) in [5.41, 5.74) is 10.1. The van der Waals surface area contributed by atoms with Gasteiger partial charge in [0.15, 0.2) is 0 Å². The summed E-state index contributed by atoms with van der Waals surface area (Å²) in [6.45, 7) is 2.12. The van der Waals surface area contributed by atoms with E-state index in [1.165, 1.54) is 32.8 Å². The van der Waals surface area contributed by atoms with Gasteiger partial charge in [-0.1, -0.05) is 103 Å². The van der Waals surface area contributed by atoms with Crippen LogP contribution in [0.3, 0.4) is 0 Å². The average molecular weight is 535 g/mol. The van der Waals surface area contributed by atoms with E-state index < -0.39 is 0 Å². The van der Waals surface area contributed by atoms with Crippen molar-refractivity contribution >= 4 is 60.5 Å². The lowest BCUT2D eigenvalue weighted by atomic mass is 9.91. The Bertz CT molecular complexity index is 2360. The molecular formula is C40H26N2. The molecular weight excluding hydrogens is 508 g/mol. The van der Waals surface area contributed by atoms with Gasteiger partial charge in [0, 0.05) is 43.7 Å². The van der Waals surface area contributed by atoms with E-state index in [1.807, 2.05) is 6.08 Å². The Labute approximate surface area is 244 Å². The SMILES string of the molecule is C#C/C=C\c1c(C)ccc2c(-c3ccc(-n4c5ccccc5c5ccccc54)cc3)c3ccc4ccccc4c3nc12. The summed E-state index contributed by atoms with van der Waals surface area (Å²) in [6.07, 6.45) is 9.39. The third-order valence-corrected chi connectivity index (χ3v) is 8.44. The topological polar surface area (TPSA) is 17.8 Å². The summed E-state index contributed by atoms with van der Waals surface area (Å²) in [4.78, 5) is 5.31. The standard InChI is InChI=1S/C40H26N2/c1-3-4-12-30-26(2)18-24-34-38(35-25-21-27-11-5-6-13-31(27)40(35)41-39(30)34)28-19-22-29(23-20-28)42-36-16-9-7-14-32(36)33-15-8-10-17-37(33)42/h1,4-25H,2H3/b12-4-. The number of nitrogens with zero attached hydrogens (tertiary/aromatic N) is 2. The van der Waals surface area contributed by atoms with E-state index in [1.54, 1.807) is 6.08 Å². The number of terminal acetylenes is 1. The summed E-state index contributed by atoms with van der Waals surface area (Å²) >= 11 is 0. The molecule has 0 saturated heterocycles. The summed E-state index contributed by atoms with van der Waals surface area (Å²) in [5.74, 6) is 2.66. The van der Waals surface area contributed by atoms with Crippen molar-refractivity contribution in [2.24, 2.45) is 0 Å². The molecule has 0 bridgehead atoms. The van der Waals surface area contributed by atoms with Crippen molar-refractivity contribution in [3.8, 4) is 29.2 Å². The van der Waals surface area contributed by atoms with Gasteiger partial charge >= 0.3 is 0 Å². The van der Waals surface area contributed by atoms with Gasteiger partial charge in [0.2, 0.25) is 0 Å². The first-order chi connectivity index (χ1) is 20.7. The highest BCUT2D eigenvalue weighted by Crippen LogP contribution is 2.40. The van der Waals surface area contributed by atoms with Gasteiger partial charge in [0.05, 0.1) is 22.1 Å². The van der Waals surface area contributed by atoms with E-state index in [4.69, 9.17) is 11.4 Å². The summed E-state index contributed by atoms with van der Waals surface area (Å²) in [6, 6.07) is 43.5. The van der Waals surface area contributed by atoms with E-state index >= 15 is 0 Å². The molecule has 2 aromatic heterocycles. The van der Waals surface area contributed by atoms with E-state index in [0.29, 0.717) is 0 Å². The first kappa shape index (κ1) is 24.2. The van der Waals surface area contributed by atoms with E-state index in [9.17, 15) is 0 Å². The van der Waals surface area contributed by atoms with Crippen LogP contribution in [0.4, 0.5) is 0 Å². The molecule has 0 saturated carbocycles. The third kappa shape index (κ3) is 3.58. The van der Waals surface area contributed by atoms with Crippen LogP contribution in [-0.2, 0) is 0 Å². The number of fused-ring (bicyclic) bond motifs is 7. The Hall–Kier alpha value is -5.65. The first-order valence-corrected chi connectivity index (χ1v) is 14.2. The largest absolute Gasteiger partial charge is 0.309 e. The smallest absolute Gasteiger partial charge is 0.0794 e. The van der Waals surface area contributed by atoms with Gasteiger partial charge in [-0.05, 0) is 59.9 Å². The second kappa shape index (κ2) is 9.47. The van der Waals surface area contributed by atoms with Gasteiger partial charge in [-0.25, -0.2) is 4.98 Å². The zero-order chi connectivity index (χ0) is 28.2. The van der Waals surface area contributed by atoms with Crippen molar-refractivity contribution in [1.29, 1.82) is 0 Å². The molecule has 8 aromatic rings. The van der Waals surface area contributed by atoms with Crippen LogP contribution in [0.1, 0.15) is 11.1 Å². The zero-order valence-electron chi connectivity index (χ0n) is 23.2. The molecule has 2 heteroatoms. The number of aromatic nitrogens is 2. The fourth-order valence-corrected chi connectivity index (χ4v) is 6.50. The van der Waals surface area contributed by atoms with E-state index in [-0.39, 0.29) is 0 Å². The highest BCUT2D eigenvalue weighted by atomic mass is 15.0. The number of hydrogen-bond donors (Lipinski definition) is 0. The maximum absolute atomic E-state index is 5.62. The number of benzene rings is 6. The van der Waals surface area contributed by atoms with Crippen LogP contribution in [-0.4, -0.2) is 9.55 Å². The number of hydrogen-bond acceptors (Lipinski definition) is 1. The molecule has 0 aliphatic heterocycles. The summed E-state index contributed by atoms with van der Waals surface area (Å²) < 4.78 is 2.36. The Balaban J connectivity index is 1.42. The van der Waals surface area contributed by atoms with Gasteiger partial charge in [0.1, 0.15) is 0 Å². The molecule has 2 heterocycles. The second-order valence-corrected chi connectivity index (χ2v) is 10.8. The Morgan fingerprint density at radius 1 is 0.619 bits per heavy atom. The van der Waals surface area contributed by atoms with Gasteiger partial charge in [-0.15, -0.1) is 6.42 Å². The summed E-state index contributed by atoms with van der Waals surface area (Å²) in [5, 5.41) is 7.11. The van der Waals surface area contributed by atoms with Crippen molar-refractivity contribution in [2.45, 2.75) is 6.92 Å². The first-order valence-electron chi connectivity index (χ1n) is 14.2. The molecule has 0 aliphatic rings.